The molecule has 1 aliphatic rings. The van der Waals surface area contributed by atoms with Crippen molar-refractivity contribution >= 4 is 16.7 Å². The van der Waals surface area contributed by atoms with Crippen LogP contribution in [0.4, 0.5) is 0 Å². The number of amides is 1. The average Bonchev–Trinajstić information content (AvgIpc) is 3.26. The third-order valence-corrected chi connectivity index (χ3v) is 6.14. The maximum atomic E-state index is 12.8. The SMILES string of the molecule is CCC(NC(=O)CC1CCCC1)c1nnc(-c2ccc(C)c3ccccc23)[nH]c1=O. The van der Waals surface area contributed by atoms with E-state index in [2.05, 4.69) is 33.5 Å². The van der Waals surface area contributed by atoms with Gasteiger partial charge in [0.15, 0.2) is 11.5 Å². The van der Waals surface area contributed by atoms with Gasteiger partial charge in [0.2, 0.25) is 5.91 Å². The van der Waals surface area contributed by atoms with Crippen LogP contribution < -0.4 is 10.9 Å². The van der Waals surface area contributed by atoms with Crippen LogP contribution in [0.3, 0.4) is 0 Å². The Balaban J connectivity index is 1.59. The molecule has 156 valence electrons. The summed E-state index contributed by atoms with van der Waals surface area (Å²) in [6.07, 6.45) is 5.74. The lowest BCUT2D eigenvalue weighted by atomic mass is 10.00. The number of nitrogens with zero attached hydrogens (tertiary/aromatic N) is 2. The maximum absolute atomic E-state index is 12.8. The summed E-state index contributed by atoms with van der Waals surface area (Å²) in [5.74, 6) is 0.889. The van der Waals surface area contributed by atoms with Gasteiger partial charge >= 0.3 is 0 Å². The molecule has 6 nitrogen and oxygen atoms in total. The topological polar surface area (TPSA) is 87.7 Å². The van der Waals surface area contributed by atoms with Gasteiger partial charge in [0.1, 0.15) is 0 Å². The largest absolute Gasteiger partial charge is 0.347 e. The molecule has 6 heteroatoms. The first-order valence-electron chi connectivity index (χ1n) is 10.8. The Hall–Kier alpha value is -3.02. The predicted molar refractivity (Wildman–Crippen MR) is 118 cm³/mol. The fourth-order valence-electron chi connectivity index (χ4n) is 4.44. The lowest BCUT2D eigenvalue weighted by Crippen LogP contribution is -2.34. The normalized spacial score (nSPS) is 15.4. The van der Waals surface area contributed by atoms with Crippen LogP contribution in [-0.4, -0.2) is 21.1 Å². The number of rotatable bonds is 6. The summed E-state index contributed by atoms with van der Waals surface area (Å²) in [4.78, 5) is 28.2. The molecule has 2 N–H and O–H groups in total. The van der Waals surface area contributed by atoms with Gasteiger partial charge in [-0.15, -0.1) is 10.2 Å². The molecule has 1 saturated carbocycles. The number of aryl methyl sites for hydroxylation is 1. The Labute approximate surface area is 176 Å². The van der Waals surface area contributed by atoms with Crippen LogP contribution in [0.5, 0.6) is 0 Å². The van der Waals surface area contributed by atoms with Gasteiger partial charge in [-0.1, -0.05) is 56.2 Å². The van der Waals surface area contributed by atoms with Gasteiger partial charge < -0.3 is 10.3 Å². The second-order valence-electron chi connectivity index (χ2n) is 8.25. The van der Waals surface area contributed by atoms with E-state index in [0.717, 1.165) is 34.7 Å². The van der Waals surface area contributed by atoms with Crippen LogP contribution in [0, 0.1) is 12.8 Å². The number of nitrogens with one attached hydrogen (secondary N) is 2. The third-order valence-electron chi connectivity index (χ3n) is 6.14. The summed E-state index contributed by atoms with van der Waals surface area (Å²) in [6.45, 7) is 3.99. The molecule has 30 heavy (non-hydrogen) atoms. The van der Waals surface area contributed by atoms with Gasteiger partial charge in [-0.05, 0) is 48.4 Å². The number of carbonyl (C=O) groups excluding carboxylic acids is 1. The van der Waals surface area contributed by atoms with Crippen LogP contribution in [0.2, 0.25) is 0 Å². The summed E-state index contributed by atoms with van der Waals surface area (Å²) >= 11 is 0. The molecule has 3 aromatic rings. The Morgan fingerprint density at radius 3 is 2.57 bits per heavy atom. The highest BCUT2D eigenvalue weighted by atomic mass is 16.2. The number of carbonyl (C=O) groups is 1. The Bertz CT molecular complexity index is 1120. The fraction of sp³-hybridized carbons (Fsp3) is 0.417. The number of benzene rings is 2. The van der Waals surface area contributed by atoms with E-state index in [1.807, 2.05) is 37.3 Å². The fourth-order valence-corrected chi connectivity index (χ4v) is 4.44. The van der Waals surface area contributed by atoms with Gasteiger partial charge in [0.25, 0.3) is 5.56 Å². The second kappa shape index (κ2) is 8.78. The molecule has 0 aliphatic heterocycles. The number of hydrogen-bond acceptors (Lipinski definition) is 4. The Morgan fingerprint density at radius 1 is 1.13 bits per heavy atom. The van der Waals surface area contributed by atoms with Gasteiger partial charge in [-0.25, -0.2) is 0 Å². The van der Waals surface area contributed by atoms with Crippen molar-refractivity contribution in [3.63, 3.8) is 0 Å². The minimum Gasteiger partial charge on any atom is -0.347 e. The van der Waals surface area contributed by atoms with Crippen LogP contribution in [0.15, 0.2) is 41.2 Å². The first kappa shape index (κ1) is 20.3. The van der Waals surface area contributed by atoms with E-state index >= 15 is 0 Å². The summed E-state index contributed by atoms with van der Waals surface area (Å²) in [5.41, 5.74) is 1.96. The monoisotopic (exact) mass is 404 g/mol. The van der Waals surface area contributed by atoms with Crippen molar-refractivity contribution in [2.45, 2.75) is 58.4 Å². The highest BCUT2D eigenvalue weighted by Gasteiger charge is 2.23. The summed E-state index contributed by atoms with van der Waals surface area (Å²) in [6, 6.07) is 11.6. The molecule has 4 rings (SSSR count). The lowest BCUT2D eigenvalue weighted by molar-refractivity contribution is -0.122. The molecule has 1 heterocycles. The van der Waals surface area contributed by atoms with E-state index in [0.29, 0.717) is 24.6 Å². The summed E-state index contributed by atoms with van der Waals surface area (Å²) < 4.78 is 0. The molecule has 0 bridgehead atoms. The molecule has 0 spiro atoms. The molecular weight excluding hydrogens is 376 g/mol. The minimum atomic E-state index is -0.432. The van der Waals surface area contributed by atoms with Crippen molar-refractivity contribution in [1.29, 1.82) is 0 Å². The molecule has 1 atom stereocenters. The molecule has 1 aliphatic carbocycles. The van der Waals surface area contributed by atoms with E-state index in [-0.39, 0.29) is 17.2 Å². The zero-order chi connectivity index (χ0) is 21.1. The van der Waals surface area contributed by atoms with Gasteiger partial charge in [0, 0.05) is 12.0 Å². The first-order chi connectivity index (χ1) is 14.6. The zero-order valence-electron chi connectivity index (χ0n) is 17.6. The average molecular weight is 405 g/mol. The smallest absolute Gasteiger partial charge is 0.275 e. The van der Waals surface area contributed by atoms with E-state index in [4.69, 9.17) is 0 Å². The van der Waals surface area contributed by atoms with Crippen molar-refractivity contribution in [2.24, 2.45) is 5.92 Å². The van der Waals surface area contributed by atoms with Gasteiger partial charge in [-0.3, -0.25) is 9.59 Å². The molecule has 0 saturated heterocycles. The van der Waals surface area contributed by atoms with Crippen molar-refractivity contribution in [3.8, 4) is 11.4 Å². The standard InChI is InChI=1S/C24H28N4O2/c1-3-20(25-21(29)14-16-8-4-5-9-16)22-24(30)26-23(28-27-22)19-13-12-15(2)17-10-6-7-11-18(17)19/h6-7,10-13,16,20H,3-5,8-9,14H2,1-2H3,(H,25,29)(H,26,28,30). The lowest BCUT2D eigenvalue weighted by Gasteiger charge is -2.17. The van der Waals surface area contributed by atoms with Crippen molar-refractivity contribution in [1.82, 2.24) is 20.5 Å². The van der Waals surface area contributed by atoms with Crippen molar-refractivity contribution < 1.29 is 4.79 Å². The number of fused-ring (bicyclic) bond motifs is 1. The van der Waals surface area contributed by atoms with Crippen LogP contribution in [-0.2, 0) is 4.79 Å². The molecular formula is C24H28N4O2. The van der Waals surface area contributed by atoms with Gasteiger partial charge in [0.05, 0.1) is 6.04 Å². The molecule has 0 radical (unpaired) electrons. The Kier molecular flexibility index (Phi) is 5.93. The quantitative estimate of drug-likeness (QED) is 0.636. The first-order valence-corrected chi connectivity index (χ1v) is 10.8. The third kappa shape index (κ3) is 4.13. The molecule has 2 aromatic carbocycles. The summed E-state index contributed by atoms with van der Waals surface area (Å²) in [5, 5.41) is 13.7. The highest BCUT2D eigenvalue weighted by molar-refractivity contribution is 5.96. The molecule has 1 unspecified atom stereocenters. The summed E-state index contributed by atoms with van der Waals surface area (Å²) in [7, 11) is 0. The van der Waals surface area contributed by atoms with Crippen LogP contribution in [0.25, 0.3) is 22.2 Å². The van der Waals surface area contributed by atoms with E-state index in [1.165, 1.54) is 12.8 Å². The minimum absolute atomic E-state index is 0.0106. The van der Waals surface area contributed by atoms with E-state index in [9.17, 15) is 9.59 Å². The predicted octanol–water partition coefficient (Wildman–Crippen LogP) is 4.44. The molecule has 1 aromatic heterocycles. The van der Waals surface area contributed by atoms with E-state index in [1.54, 1.807) is 0 Å². The second-order valence-corrected chi connectivity index (χ2v) is 8.25. The zero-order valence-corrected chi connectivity index (χ0v) is 17.6. The Morgan fingerprint density at radius 2 is 1.87 bits per heavy atom. The van der Waals surface area contributed by atoms with Crippen LogP contribution >= 0.6 is 0 Å². The maximum Gasteiger partial charge on any atom is 0.275 e. The van der Waals surface area contributed by atoms with E-state index < -0.39 is 6.04 Å². The molecule has 1 fully saturated rings. The van der Waals surface area contributed by atoms with Crippen molar-refractivity contribution in [3.05, 3.63) is 58.0 Å². The number of hydrogen-bond donors (Lipinski definition) is 2. The van der Waals surface area contributed by atoms with Crippen LogP contribution in [0.1, 0.15) is 62.7 Å². The number of H-pyrrole nitrogens is 1. The number of aromatic nitrogens is 3. The van der Waals surface area contributed by atoms with Crippen molar-refractivity contribution in [2.75, 3.05) is 0 Å². The highest BCUT2D eigenvalue weighted by Crippen LogP contribution is 2.29. The molecule has 1 amide bonds. The van der Waals surface area contributed by atoms with Gasteiger partial charge in [-0.2, -0.15) is 0 Å². The number of aromatic amines is 1.